The summed E-state index contributed by atoms with van der Waals surface area (Å²) in [7, 11) is 1.62. The molecule has 36 heavy (non-hydrogen) atoms. The first kappa shape index (κ1) is 23.5. The molecule has 1 aliphatic rings. The van der Waals surface area contributed by atoms with Crippen LogP contribution in [-0.4, -0.2) is 43.6 Å². The number of nitrogens with zero attached hydrogens (tertiary/aromatic N) is 5. The number of pyridine rings is 1. The van der Waals surface area contributed by atoms with Crippen LogP contribution < -0.4 is 15.4 Å². The highest BCUT2D eigenvalue weighted by molar-refractivity contribution is 5.92. The number of ether oxygens (including phenoxy) is 1. The quantitative estimate of drug-likeness (QED) is 0.398. The molecule has 5 rings (SSSR count). The van der Waals surface area contributed by atoms with Crippen molar-refractivity contribution < 1.29 is 22.7 Å². The molecule has 1 aromatic carbocycles. The number of rotatable bonds is 7. The summed E-state index contributed by atoms with van der Waals surface area (Å²) in [6.07, 6.45) is -0.267. The van der Waals surface area contributed by atoms with Gasteiger partial charge in [0.2, 0.25) is 0 Å². The Labute approximate surface area is 203 Å². The Balaban J connectivity index is 1.21. The number of methoxy groups -OCH3 is 1. The molecule has 12 heteroatoms. The summed E-state index contributed by atoms with van der Waals surface area (Å²) >= 11 is 0. The molecule has 0 unspecified atom stereocenters. The molecule has 9 nitrogen and oxygen atoms in total. The zero-order valence-electron chi connectivity index (χ0n) is 19.2. The van der Waals surface area contributed by atoms with Gasteiger partial charge in [-0.3, -0.25) is 4.79 Å². The number of hydrogen-bond donors (Lipinski definition) is 2. The largest absolute Gasteiger partial charge is 0.497 e. The highest BCUT2D eigenvalue weighted by Gasteiger charge is 2.35. The fourth-order valence-electron chi connectivity index (χ4n) is 4.09. The smallest absolute Gasteiger partial charge is 0.433 e. The Morgan fingerprint density at radius 1 is 1.11 bits per heavy atom. The molecular formula is C24H22F3N7O2. The molecule has 1 saturated carbocycles. The molecule has 3 heterocycles. The number of benzene rings is 1. The molecule has 1 amide bonds. The Kier molecular flexibility index (Phi) is 6.17. The van der Waals surface area contributed by atoms with E-state index < -0.39 is 17.8 Å². The Morgan fingerprint density at radius 2 is 1.89 bits per heavy atom. The molecule has 4 aromatic rings. The van der Waals surface area contributed by atoms with E-state index in [1.807, 2.05) is 28.8 Å². The van der Waals surface area contributed by atoms with E-state index in [2.05, 4.69) is 30.6 Å². The third kappa shape index (κ3) is 4.79. The number of carbonyl (C=O) groups excluding carboxylic acids is 1. The summed E-state index contributed by atoms with van der Waals surface area (Å²) < 4.78 is 45.7. The van der Waals surface area contributed by atoms with Crippen molar-refractivity contribution in [3.8, 4) is 5.75 Å². The lowest BCUT2D eigenvalue weighted by Gasteiger charge is -2.36. The molecular weight excluding hydrogens is 475 g/mol. The molecule has 3 aromatic heterocycles. The Hall–Kier alpha value is -4.22. The minimum absolute atomic E-state index is 0.0408. The number of aromatic nitrogens is 5. The van der Waals surface area contributed by atoms with E-state index >= 15 is 0 Å². The number of fused-ring (bicyclic) bond motifs is 1. The maximum atomic E-state index is 12.9. The number of amides is 1. The van der Waals surface area contributed by atoms with E-state index in [-0.39, 0.29) is 17.8 Å². The second-order valence-electron chi connectivity index (χ2n) is 8.45. The van der Waals surface area contributed by atoms with Gasteiger partial charge in [-0.15, -0.1) is 0 Å². The van der Waals surface area contributed by atoms with E-state index in [9.17, 15) is 18.0 Å². The maximum absolute atomic E-state index is 12.9. The summed E-state index contributed by atoms with van der Waals surface area (Å²) in [5.74, 6) is 0.754. The van der Waals surface area contributed by atoms with Crippen molar-refractivity contribution in [2.24, 2.45) is 0 Å². The summed E-state index contributed by atoms with van der Waals surface area (Å²) in [6, 6.07) is 10.8. The van der Waals surface area contributed by atoms with Gasteiger partial charge in [-0.05, 0) is 42.7 Å². The third-order valence-electron chi connectivity index (χ3n) is 6.09. The average molecular weight is 497 g/mol. The molecule has 0 radical (unpaired) electrons. The molecule has 0 bridgehead atoms. The van der Waals surface area contributed by atoms with Crippen LogP contribution in [0.5, 0.6) is 5.75 Å². The number of hydrogen-bond acceptors (Lipinski definition) is 7. The second kappa shape index (κ2) is 9.44. The number of imidazole rings is 1. The molecule has 1 aliphatic carbocycles. The fourth-order valence-corrected chi connectivity index (χ4v) is 4.09. The normalized spacial score (nSPS) is 17.4. The maximum Gasteiger partial charge on any atom is 0.433 e. The van der Waals surface area contributed by atoms with E-state index in [0.29, 0.717) is 36.4 Å². The zero-order chi connectivity index (χ0) is 25.3. The van der Waals surface area contributed by atoms with Crippen molar-refractivity contribution >= 4 is 22.9 Å². The number of anilines is 1. The van der Waals surface area contributed by atoms with E-state index in [1.54, 1.807) is 13.4 Å². The average Bonchev–Trinajstić information content (AvgIpc) is 3.28. The van der Waals surface area contributed by atoms with Gasteiger partial charge in [0.15, 0.2) is 11.5 Å². The van der Waals surface area contributed by atoms with Crippen molar-refractivity contribution in [3.05, 3.63) is 72.1 Å². The monoisotopic (exact) mass is 497 g/mol. The van der Waals surface area contributed by atoms with Crippen LogP contribution in [0.2, 0.25) is 0 Å². The molecule has 0 spiro atoms. The first-order chi connectivity index (χ1) is 17.3. The second-order valence-corrected chi connectivity index (χ2v) is 8.45. The predicted octanol–water partition coefficient (Wildman–Crippen LogP) is 3.99. The lowest BCUT2D eigenvalue weighted by atomic mass is 9.86. The summed E-state index contributed by atoms with van der Waals surface area (Å²) in [4.78, 5) is 29.0. The van der Waals surface area contributed by atoms with Crippen molar-refractivity contribution in [2.75, 3.05) is 12.4 Å². The fraction of sp³-hybridized carbons (Fsp3) is 0.292. The number of halogens is 3. The van der Waals surface area contributed by atoms with Gasteiger partial charge in [0, 0.05) is 18.6 Å². The van der Waals surface area contributed by atoms with Gasteiger partial charge >= 0.3 is 6.18 Å². The summed E-state index contributed by atoms with van der Waals surface area (Å²) in [5, 5.41) is 6.04. The Morgan fingerprint density at radius 3 is 2.61 bits per heavy atom. The van der Waals surface area contributed by atoms with Crippen LogP contribution in [0.25, 0.3) is 11.2 Å². The molecule has 0 saturated heterocycles. The minimum Gasteiger partial charge on any atom is -0.497 e. The predicted molar refractivity (Wildman–Crippen MR) is 124 cm³/mol. The van der Waals surface area contributed by atoms with Gasteiger partial charge in [0.1, 0.15) is 29.0 Å². The topological polar surface area (TPSA) is 107 Å². The van der Waals surface area contributed by atoms with E-state index in [4.69, 9.17) is 4.74 Å². The van der Waals surface area contributed by atoms with Crippen LogP contribution in [0.4, 0.5) is 19.0 Å². The number of carbonyl (C=O) groups is 1. The third-order valence-corrected chi connectivity index (χ3v) is 6.09. The highest BCUT2D eigenvalue weighted by atomic mass is 19.4. The molecule has 1 fully saturated rings. The van der Waals surface area contributed by atoms with Gasteiger partial charge in [0.05, 0.1) is 13.4 Å². The van der Waals surface area contributed by atoms with Gasteiger partial charge in [-0.2, -0.15) is 13.2 Å². The van der Waals surface area contributed by atoms with Crippen LogP contribution in [0.1, 0.15) is 40.6 Å². The van der Waals surface area contributed by atoms with Crippen LogP contribution in [0.3, 0.4) is 0 Å². The zero-order valence-corrected chi connectivity index (χ0v) is 19.2. The van der Waals surface area contributed by atoms with Gasteiger partial charge < -0.3 is 19.9 Å². The lowest BCUT2D eigenvalue weighted by molar-refractivity contribution is -0.141. The summed E-state index contributed by atoms with van der Waals surface area (Å²) in [5.41, 5.74) is 0.988. The van der Waals surface area contributed by atoms with Crippen LogP contribution in [0.15, 0.2) is 55.1 Å². The van der Waals surface area contributed by atoms with Crippen molar-refractivity contribution in [1.82, 2.24) is 29.8 Å². The van der Waals surface area contributed by atoms with Crippen molar-refractivity contribution in [1.29, 1.82) is 0 Å². The lowest BCUT2D eigenvalue weighted by Crippen LogP contribution is -2.45. The SMILES string of the molecule is COc1ccc(CNc2ncnc3c2ncn3C2CC(NC(=O)c3cccc(C(F)(F)F)n3)C2)cc1. The Bertz CT molecular complexity index is 1380. The summed E-state index contributed by atoms with van der Waals surface area (Å²) in [6.45, 7) is 0.546. The van der Waals surface area contributed by atoms with Crippen LogP contribution in [-0.2, 0) is 12.7 Å². The van der Waals surface area contributed by atoms with Crippen LogP contribution >= 0.6 is 0 Å². The van der Waals surface area contributed by atoms with E-state index in [0.717, 1.165) is 17.4 Å². The molecule has 0 atom stereocenters. The highest BCUT2D eigenvalue weighted by Crippen LogP contribution is 2.35. The molecule has 2 N–H and O–H groups in total. The molecule has 0 aliphatic heterocycles. The van der Waals surface area contributed by atoms with E-state index in [1.165, 1.54) is 18.5 Å². The minimum atomic E-state index is -4.61. The van der Waals surface area contributed by atoms with Crippen molar-refractivity contribution in [2.45, 2.75) is 37.6 Å². The standard InChI is InChI=1S/C24H22F3N7O2/c1-36-17-7-5-14(6-8-17)11-28-21-20-22(30-12-29-21)34(13-31-20)16-9-15(10-16)32-23(35)18-3-2-4-19(33-18)24(25,26)27/h2-8,12-13,15-16H,9-11H2,1H3,(H,32,35)(H,28,29,30). The number of alkyl halides is 3. The van der Waals surface area contributed by atoms with Crippen molar-refractivity contribution in [3.63, 3.8) is 0 Å². The van der Waals surface area contributed by atoms with Gasteiger partial charge in [0.25, 0.3) is 5.91 Å². The first-order valence-corrected chi connectivity index (χ1v) is 11.2. The number of nitrogens with one attached hydrogen (secondary N) is 2. The first-order valence-electron chi connectivity index (χ1n) is 11.2. The van der Waals surface area contributed by atoms with Gasteiger partial charge in [-0.1, -0.05) is 18.2 Å². The molecule has 186 valence electrons. The van der Waals surface area contributed by atoms with Gasteiger partial charge in [-0.25, -0.2) is 19.9 Å². The van der Waals surface area contributed by atoms with Crippen LogP contribution in [0, 0.1) is 0 Å².